The van der Waals surface area contributed by atoms with Gasteiger partial charge in [0.1, 0.15) is 0 Å². The molecule has 2 heteroatoms. The van der Waals surface area contributed by atoms with Crippen molar-refractivity contribution in [1.29, 1.82) is 0 Å². The minimum absolute atomic E-state index is 0.265. The molecule has 0 aromatic heterocycles. The topological polar surface area (TPSA) is 29.3 Å². The van der Waals surface area contributed by atoms with E-state index in [1.165, 1.54) is 45.2 Å². The lowest BCUT2D eigenvalue weighted by molar-refractivity contribution is 0.0793. The molecule has 0 saturated heterocycles. The molecule has 2 nitrogen and oxygen atoms in total. The highest BCUT2D eigenvalue weighted by atomic mass is 15.2. The van der Waals surface area contributed by atoms with Crippen molar-refractivity contribution in [2.24, 2.45) is 5.73 Å². The lowest BCUT2D eigenvalue weighted by Crippen LogP contribution is -2.54. The number of rotatable bonds is 9. The Morgan fingerprint density at radius 1 is 0.933 bits per heavy atom. The Morgan fingerprint density at radius 3 is 1.73 bits per heavy atom. The second kappa shape index (κ2) is 8.12. The first-order valence-corrected chi connectivity index (χ1v) is 6.65. The first-order chi connectivity index (χ1) is 7.20. The highest BCUT2D eigenvalue weighted by Crippen LogP contribution is 2.25. The third-order valence-corrected chi connectivity index (χ3v) is 3.41. The molecule has 0 aliphatic carbocycles. The average molecular weight is 214 g/mol. The normalized spacial score (nSPS) is 15.6. The maximum atomic E-state index is 6.02. The molecule has 0 saturated carbocycles. The summed E-state index contributed by atoms with van der Waals surface area (Å²) in [6.07, 6.45) is 6.10. The van der Waals surface area contributed by atoms with Gasteiger partial charge in [-0.3, -0.25) is 4.90 Å². The van der Waals surface area contributed by atoms with Crippen LogP contribution in [0.4, 0.5) is 0 Å². The number of nitrogens with two attached hydrogens (primary N) is 1. The van der Waals surface area contributed by atoms with Crippen LogP contribution in [0.15, 0.2) is 0 Å². The molecule has 0 aliphatic rings. The summed E-state index contributed by atoms with van der Waals surface area (Å²) in [6.45, 7) is 12.2. The monoisotopic (exact) mass is 214 g/mol. The van der Waals surface area contributed by atoms with Crippen molar-refractivity contribution in [1.82, 2.24) is 4.90 Å². The zero-order valence-corrected chi connectivity index (χ0v) is 11.2. The van der Waals surface area contributed by atoms with E-state index in [0.717, 1.165) is 6.54 Å². The van der Waals surface area contributed by atoms with E-state index in [-0.39, 0.29) is 5.54 Å². The third-order valence-electron chi connectivity index (χ3n) is 3.41. The van der Waals surface area contributed by atoms with E-state index in [2.05, 4.69) is 32.6 Å². The van der Waals surface area contributed by atoms with Crippen LogP contribution in [-0.4, -0.2) is 30.1 Å². The fourth-order valence-corrected chi connectivity index (χ4v) is 2.53. The Labute approximate surface area is 96.2 Å². The van der Waals surface area contributed by atoms with Crippen LogP contribution in [0, 0.1) is 0 Å². The van der Waals surface area contributed by atoms with Crippen LogP contribution in [0.1, 0.15) is 59.8 Å². The molecule has 0 bridgehead atoms. The molecule has 0 amide bonds. The van der Waals surface area contributed by atoms with Crippen LogP contribution in [0.25, 0.3) is 0 Å². The molecule has 1 atom stereocenters. The summed E-state index contributed by atoms with van der Waals surface area (Å²) < 4.78 is 0. The molecule has 92 valence electrons. The fraction of sp³-hybridized carbons (Fsp3) is 1.00. The predicted octanol–water partition coefficient (Wildman–Crippen LogP) is 3.02. The Hall–Kier alpha value is -0.0800. The summed E-state index contributed by atoms with van der Waals surface area (Å²) in [5.41, 5.74) is 6.29. The van der Waals surface area contributed by atoms with Crippen molar-refractivity contribution in [3.63, 3.8) is 0 Å². The maximum absolute atomic E-state index is 6.02. The SMILES string of the molecule is CCCN(CCC)C(CC)(CN)CCC. The standard InChI is InChI=1S/C13H30N2/c1-5-9-13(8-4,12-14)15(10-6-2)11-7-3/h5-12,14H2,1-4H3. The average Bonchev–Trinajstić information content (AvgIpc) is 2.26. The van der Waals surface area contributed by atoms with Crippen molar-refractivity contribution < 1.29 is 0 Å². The molecule has 0 spiro atoms. The Bertz CT molecular complexity index is 135. The maximum Gasteiger partial charge on any atom is 0.0329 e. The minimum Gasteiger partial charge on any atom is -0.329 e. The second-order valence-corrected chi connectivity index (χ2v) is 4.52. The summed E-state index contributed by atoms with van der Waals surface area (Å²) in [6, 6.07) is 0. The zero-order valence-electron chi connectivity index (χ0n) is 11.2. The van der Waals surface area contributed by atoms with Crippen LogP contribution >= 0.6 is 0 Å². The van der Waals surface area contributed by atoms with E-state index in [0.29, 0.717) is 0 Å². The van der Waals surface area contributed by atoms with Gasteiger partial charge in [0.2, 0.25) is 0 Å². The van der Waals surface area contributed by atoms with Crippen LogP contribution in [0.3, 0.4) is 0 Å². The van der Waals surface area contributed by atoms with Crippen LogP contribution in [0.5, 0.6) is 0 Å². The van der Waals surface area contributed by atoms with Crippen molar-refractivity contribution >= 4 is 0 Å². The highest BCUT2D eigenvalue weighted by Gasteiger charge is 2.31. The fourth-order valence-electron chi connectivity index (χ4n) is 2.53. The predicted molar refractivity (Wildman–Crippen MR) is 69.1 cm³/mol. The van der Waals surface area contributed by atoms with E-state index in [9.17, 15) is 0 Å². The van der Waals surface area contributed by atoms with Crippen LogP contribution < -0.4 is 5.73 Å². The summed E-state index contributed by atoms with van der Waals surface area (Å²) in [7, 11) is 0. The quantitative estimate of drug-likeness (QED) is 0.639. The van der Waals surface area contributed by atoms with Crippen LogP contribution in [-0.2, 0) is 0 Å². The smallest absolute Gasteiger partial charge is 0.0329 e. The van der Waals surface area contributed by atoms with E-state index in [4.69, 9.17) is 5.73 Å². The molecular weight excluding hydrogens is 184 g/mol. The lowest BCUT2D eigenvalue weighted by atomic mass is 9.88. The molecule has 0 radical (unpaired) electrons. The molecule has 0 fully saturated rings. The zero-order chi connectivity index (χ0) is 11.7. The Balaban J connectivity index is 4.62. The van der Waals surface area contributed by atoms with E-state index >= 15 is 0 Å². The van der Waals surface area contributed by atoms with Gasteiger partial charge >= 0.3 is 0 Å². The molecular formula is C13H30N2. The van der Waals surface area contributed by atoms with Gasteiger partial charge in [-0.1, -0.05) is 34.1 Å². The summed E-state index contributed by atoms with van der Waals surface area (Å²) >= 11 is 0. The van der Waals surface area contributed by atoms with Crippen molar-refractivity contribution in [3.05, 3.63) is 0 Å². The number of hydrogen-bond donors (Lipinski definition) is 1. The van der Waals surface area contributed by atoms with Gasteiger partial charge in [0, 0.05) is 12.1 Å². The largest absolute Gasteiger partial charge is 0.329 e. The molecule has 0 rings (SSSR count). The lowest BCUT2D eigenvalue weighted by Gasteiger charge is -2.43. The van der Waals surface area contributed by atoms with Gasteiger partial charge in [-0.05, 0) is 38.8 Å². The first-order valence-electron chi connectivity index (χ1n) is 6.65. The number of hydrogen-bond acceptors (Lipinski definition) is 2. The molecule has 1 unspecified atom stereocenters. The molecule has 0 aromatic carbocycles. The Kier molecular flexibility index (Phi) is 8.07. The summed E-state index contributed by atoms with van der Waals surface area (Å²) in [5, 5.41) is 0. The van der Waals surface area contributed by atoms with Gasteiger partial charge in [0.25, 0.3) is 0 Å². The van der Waals surface area contributed by atoms with Crippen LogP contribution in [0.2, 0.25) is 0 Å². The van der Waals surface area contributed by atoms with Gasteiger partial charge < -0.3 is 5.73 Å². The molecule has 2 N–H and O–H groups in total. The second-order valence-electron chi connectivity index (χ2n) is 4.52. The van der Waals surface area contributed by atoms with Gasteiger partial charge in [-0.2, -0.15) is 0 Å². The summed E-state index contributed by atoms with van der Waals surface area (Å²) in [4.78, 5) is 2.62. The molecule has 15 heavy (non-hydrogen) atoms. The third kappa shape index (κ3) is 4.12. The molecule has 0 aliphatic heterocycles. The first kappa shape index (κ1) is 14.9. The van der Waals surface area contributed by atoms with Crippen molar-refractivity contribution in [2.75, 3.05) is 19.6 Å². The van der Waals surface area contributed by atoms with Gasteiger partial charge in [0.15, 0.2) is 0 Å². The van der Waals surface area contributed by atoms with Gasteiger partial charge in [-0.15, -0.1) is 0 Å². The van der Waals surface area contributed by atoms with E-state index < -0.39 is 0 Å². The molecule has 0 aromatic rings. The highest BCUT2D eigenvalue weighted by molar-refractivity contribution is 4.90. The minimum atomic E-state index is 0.265. The van der Waals surface area contributed by atoms with Gasteiger partial charge in [0.05, 0.1) is 0 Å². The van der Waals surface area contributed by atoms with Crippen molar-refractivity contribution in [2.45, 2.75) is 65.3 Å². The van der Waals surface area contributed by atoms with E-state index in [1.807, 2.05) is 0 Å². The molecule has 0 heterocycles. The Morgan fingerprint density at radius 2 is 1.47 bits per heavy atom. The van der Waals surface area contributed by atoms with Gasteiger partial charge in [-0.25, -0.2) is 0 Å². The van der Waals surface area contributed by atoms with E-state index in [1.54, 1.807) is 0 Å². The van der Waals surface area contributed by atoms with Crippen molar-refractivity contribution in [3.8, 4) is 0 Å². The number of nitrogens with zero attached hydrogens (tertiary/aromatic N) is 1. The summed E-state index contributed by atoms with van der Waals surface area (Å²) in [5.74, 6) is 0.